The van der Waals surface area contributed by atoms with Gasteiger partial charge < -0.3 is 10.3 Å². The molecule has 8 heteroatoms. The number of amides is 1. The Morgan fingerprint density at radius 3 is 2.68 bits per heavy atom. The Bertz CT molecular complexity index is 946. The molecule has 0 saturated carbocycles. The standard InChI is InChI=1S/C17H15N7O/c25-17(18-10-15-20-13-8-4-5-9-14(13)21-15)16(24-11-19-22-23-24)12-6-2-1-3-7-12/h1-9,11,16H,10H2,(H,18,25)(H,20,21)/t16-/m0/s1. The van der Waals surface area contributed by atoms with E-state index in [1.807, 2.05) is 54.6 Å². The number of imidazole rings is 1. The van der Waals surface area contributed by atoms with Gasteiger partial charge in [0.15, 0.2) is 6.04 Å². The van der Waals surface area contributed by atoms with Crippen molar-refractivity contribution in [3.05, 3.63) is 72.3 Å². The molecular formula is C17H15N7O. The highest BCUT2D eigenvalue weighted by molar-refractivity contribution is 5.83. The van der Waals surface area contributed by atoms with Crippen molar-refractivity contribution in [3.8, 4) is 0 Å². The van der Waals surface area contributed by atoms with Crippen molar-refractivity contribution in [2.75, 3.05) is 0 Å². The van der Waals surface area contributed by atoms with Crippen LogP contribution in [0.3, 0.4) is 0 Å². The van der Waals surface area contributed by atoms with Crippen molar-refractivity contribution in [3.63, 3.8) is 0 Å². The summed E-state index contributed by atoms with van der Waals surface area (Å²) in [5.74, 6) is 0.483. The van der Waals surface area contributed by atoms with Gasteiger partial charge >= 0.3 is 0 Å². The van der Waals surface area contributed by atoms with Crippen molar-refractivity contribution in [1.82, 2.24) is 35.5 Å². The molecule has 0 aliphatic heterocycles. The first kappa shape index (κ1) is 15.0. The molecule has 124 valence electrons. The maximum atomic E-state index is 12.8. The summed E-state index contributed by atoms with van der Waals surface area (Å²) in [7, 11) is 0. The van der Waals surface area contributed by atoms with Gasteiger partial charge in [0.25, 0.3) is 0 Å². The second-order valence-corrected chi connectivity index (χ2v) is 5.52. The first-order chi connectivity index (χ1) is 12.3. The molecule has 1 amide bonds. The fourth-order valence-corrected chi connectivity index (χ4v) is 2.70. The predicted molar refractivity (Wildman–Crippen MR) is 90.3 cm³/mol. The number of carbonyl (C=O) groups is 1. The molecule has 0 saturated heterocycles. The zero-order valence-electron chi connectivity index (χ0n) is 13.2. The van der Waals surface area contributed by atoms with E-state index < -0.39 is 6.04 Å². The number of fused-ring (bicyclic) bond motifs is 1. The number of tetrazole rings is 1. The Kier molecular flexibility index (Phi) is 3.91. The number of carbonyl (C=O) groups excluding carboxylic acids is 1. The van der Waals surface area contributed by atoms with Crippen LogP contribution in [-0.2, 0) is 11.3 Å². The van der Waals surface area contributed by atoms with Crippen LogP contribution in [0.2, 0.25) is 0 Å². The Morgan fingerprint density at radius 1 is 1.12 bits per heavy atom. The fraction of sp³-hybridized carbons (Fsp3) is 0.118. The van der Waals surface area contributed by atoms with Crippen LogP contribution < -0.4 is 5.32 Å². The number of aromatic amines is 1. The molecular weight excluding hydrogens is 318 g/mol. The molecule has 0 unspecified atom stereocenters. The molecule has 0 bridgehead atoms. The van der Waals surface area contributed by atoms with Gasteiger partial charge in [-0.1, -0.05) is 42.5 Å². The number of H-pyrrole nitrogens is 1. The summed E-state index contributed by atoms with van der Waals surface area (Å²) in [6, 6.07) is 16.5. The molecule has 0 aliphatic carbocycles. The van der Waals surface area contributed by atoms with Crippen molar-refractivity contribution in [1.29, 1.82) is 0 Å². The number of rotatable bonds is 5. The lowest BCUT2D eigenvalue weighted by Gasteiger charge is -2.16. The maximum absolute atomic E-state index is 12.8. The van der Waals surface area contributed by atoms with Crippen LogP contribution in [0.4, 0.5) is 0 Å². The highest BCUT2D eigenvalue weighted by Gasteiger charge is 2.23. The minimum absolute atomic E-state index is 0.209. The lowest BCUT2D eigenvalue weighted by molar-refractivity contribution is -0.123. The second kappa shape index (κ2) is 6.52. The van der Waals surface area contributed by atoms with Gasteiger partial charge in [0.1, 0.15) is 12.2 Å². The number of nitrogens with zero attached hydrogens (tertiary/aromatic N) is 5. The number of hydrogen-bond acceptors (Lipinski definition) is 5. The van der Waals surface area contributed by atoms with Crippen LogP contribution in [0.15, 0.2) is 60.9 Å². The van der Waals surface area contributed by atoms with E-state index in [1.54, 1.807) is 0 Å². The lowest BCUT2D eigenvalue weighted by Crippen LogP contribution is -2.33. The summed E-state index contributed by atoms with van der Waals surface area (Å²) in [6.07, 6.45) is 1.43. The van der Waals surface area contributed by atoms with Gasteiger partial charge in [-0.2, -0.15) is 0 Å². The molecule has 0 aliphatic rings. The summed E-state index contributed by atoms with van der Waals surface area (Å²) in [6.45, 7) is 0.291. The number of aromatic nitrogens is 6. The zero-order chi connectivity index (χ0) is 17.1. The molecule has 0 radical (unpaired) electrons. The van der Waals surface area contributed by atoms with E-state index in [4.69, 9.17) is 0 Å². The van der Waals surface area contributed by atoms with Crippen LogP contribution in [0.5, 0.6) is 0 Å². The van der Waals surface area contributed by atoms with Gasteiger partial charge in [0.05, 0.1) is 17.6 Å². The fourth-order valence-electron chi connectivity index (χ4n) is 2.70. The molecule has 0 spiro atoms. The van der Waals surface area contributed by atoms with Crippen molar-refractivity contribution >= 4 is 16.9 Å². The highest BCUT2D eigenvalue weighted by atomic mass is 16.2. The molecule has 0 fully saturated rings. The summed E-state index contributed by atoms with van der Waals surface area (Å²) >= 11 is 0. The Balaban J connectivity index is 1.54. The van der Waals surface area contributed by atoms with E-state index in [0.29, 0.717) is 12.4 Å². The Labute approximate surface area is 142 Å². The van der Waals surface area contributed by atoms with E-state index in [9.17, 15) is 4.79 Å². The second-order valence-electron chi connectivity index (χ2n) is 5.52. The summed E-state index contributed by atoms with van der Waals surface area (Å²) in [5.41, 5.74) is 2.61. The molecule has 2 aromatic carbocycles. The van der Waals surface area contributed by atoms with Gasteiger partial charge in [-0.3, -0.25) is 4.79 Å². The van der Waals surface area contributed by atoms with Crippen molar-refractivity contribution in [2.45, 2.75) is 12.6 Å². The van der Waals surface area contributed by atoms with Gasteiger partial charge in [0.2, 0.25) is 5.91 Å². The van der Waals surface area contributed by atoms with E-state index >= 15 is 0 Å². The van der Waals surface area contributed by atoms with E-state index in [2.05, 4.69) is 30.8 Å². The SMILES string of the molecule is O=C(NCc1nc2ccccc2[nH]1)[C@H](c1ccccc1)n1cnnn1. The zero-order valence-corrected chi connectivity index (χ0v) is 13.2. The third-order valence-corrected chi connectivity index (χ3v) is 3.86. The van der Waals surface area contributed by atoms with Crippen molar-refractivity contribution < 1.29 is 4.79 Å². The quantitative estimate of drug-likeness (QED) is 0.576. The average Bonchev–Trinajstić information content (AvgIpc) is 3.30. The van der Waals surface area contributed by atoms with Gasteiger partial charge in [0, 0.05) is 0 Å². The van der Waals surface area contributed by atoms with Gasteiger partial charge in [-0.05, 0) is 28.1 Å². The van der Waals surface area contributed by atoms with Crippen LogP contribution >= 0.6 is 0 Å². The summed E-state index contributed by atoms with van der Waals surface area (Å²) < 4.78 is 1.43. The average molecular weight is 333 g/mol. The Morgan fingerprint density at radius 2 is 1.92 bits per heavy atom. The Hall–Kier alpha value is -3.55. The normalized spacial score (nSPS) is 12.2. The van der Waals surface area contributed by atoms with Crippen LogP contribution in [0.25, 0.3) is 11.0 Å². The molecule has 25 heavy (non-hydrogen) atoms. The molecule has 8 nitrogen and oxygen atoms in total. The molecule has 4 rings (SSSR count). The highest BCUT2D eigenvalue weighted by Crippen LogP contribution is 2.17. The largest absolute Gasteiger partial charge is 0.347 e. The number of nitrogens with one attached hydrogen (secondary N) is 2. The third kappa shape index (κ3) is 3.09. The van der Waals surface area contributed by atoms with Crippen LogP contribution in [0.1, 0.15) is 17.4 Å². The number of para-hydroxylation sites is 2. The molecule has 2 heterocycles. The maximum Gasteiger partial charge on any atom is 0.249 e. The van der Waals surface area contributed by atoms with Crippen LogP contribution in [0, 0.1) is 0 Å². The molecule has 2 N–H and O–H groups in total. The molecule has 4 aromatic rings. The summed E-state index contributed by atoms with van der Waals surface area (Å²) in [4.78, 5) is 20.4. The monoisotopic (exact) mass is 333 g/mol. The topological polar surface area (TPSA) is 101 Å². The third-order valence-electron chi connectivity index (χ3n) is 3.86. The lowest BCUT2D eigenvalue weighted by atomic mass is 10.1. The summed E-state index contributed by atoms with van der Waals surface area (Å²) in [5, 5.41) is 14.0. The predicted octanol–water partition coefficient (Wildman–Crippen LogP) is 1.46. The first-order valence-corrected chi connectivity index (χ1v) is 7.80. The van der Waals surface area contributed by atoms with E-state index in [0.717, 1.165) is 16.6 Å². The number of benzene rings is 2. The number of hydrogen-bond donors (Lipinski definition) is 2. The molecule has 1 atom stereocenters. The van der Waals surface area contributed by atoms with Gasteiger partial charge in [-0.15, -0.1) is 5.10 Å². The first-order valence-electron chi connectivity index (χ1n) is 7.80. The minimum Gasteiger partial charge on any atom is -0.347 e. The molecule has 2 aromatic heterocycles. The minimum atomic E-state index is -0.638. The van der Waals surface area contributed by atoms with Crippen molar-refractivity contribution in [2.24, 2.45) is 0 Å². The van der Waals surface area contributed by atoms with Gasteiger partial charge in [-0.25, -0.2) is 9.67 Å². The smallest absolute Gasteiger partial charge is 0.249 e. The van der Waals surface area contributed by atoms with E-state index in [-0.39, 0.29) is 5.91 Å². The van der Waals surface area contributed by atoms with E-state index in [1.165, 1.54) is 11.0 Å². The van der Waals surface area contributed by atoms with Crippen LogP contribution in [-0.4, -0.2) is 36.1 Å².